The Bertz CT molecular complexity index is 324. The van der Waals surface area contributed by atoms with Crippen molar-refractivity contribution in [2.24, 2.45) is 5.92 Å². The maximum Gasteiger partial charge on any atom is 0.317 e. The molecule has 2 atom stereocenters. The van der Waals surface area contributed by atoms with Gasteiger partial charge in [-0.05, 0) is 17.4 Å². The monoisotopic (exact) mass is 243 g/mol. The second-order valence-electron chi connectivity index (χ2n) is 4.00. The summed E-state index contributed by atoms with van der Waals surface area (Å²) < 4.78 is 0. The van der Waals surface area contributed by atoms with Crippen LogP contribution in [0.25, 0.3) is 0 Å². The SMILES string of the molecule is CC(C)C(NCC(=O)O)C(O)c1cccs1. The number of aliphatic carboxylic acids is 1. The number of nitrogens with one attached hydrogen (secondary N) is 1. The minimum Gasteiger partial charge on any atom is -0.480 e. The third-order valence-corrected chi connectivity index (χ3v) is 3.33. The van der Waals surface area contributed by atoms with Crippen molar-refractivity contribution in [3.63, 3.8) is 0 Å². The third kappa shape index (κ3) is 3.59. The van der Waals surface area contributed by atoms with E-state index in [2.05, 4.69) is 5.32 Å². The van der Waals surface area contributed by atoms with Gasteiger partial charge in [-0.1, -0.05) is 19.9 Å². The molecule has 5 heteroatoms. The van der Waals surface area contributed by atoms with Crippen LogP contribution < -0.4 is 5.32 Å². The molecular weight excluding hydrogens is 226 g/mol. The number of hydrogen-bond acceptors (Lipinski definition) is 4. The zero-order chi connectivity index (χ0) is 12.1. The van der Waals surface area contributed by atoms with E-state index in [1.165, 1.54) is 11.3 Å². The van der Waals surface area contributed by atoms with Gasteiger partial charge >= 0.3 is 5.97 Å². The fourth-order valence-corrected chi connectivity index (χ4v) is 2.31. The van der Waals surface area contributed by atoms with E-state index in [1.54, 1.807) is 0 Å². The zero-order valence-corrected chi connectivity index (χ0v) is 10.2. The molecule has 0 saturated heterocycles. The van der Waals surface area contributed by atoms with E-state index in [0.29, 0.717) is 0 Å². The number of thiophene rings is 1. The lowest BCUT2D eigenvalue weighted by Gasteiger charge is -2.26. The molecular formula is C11H17NO3S. The molecule has 2 unspecified atom stereocenters. The Labute approximate surface area is 98.9 Å². The van der Waals surface area contributed by atoms with Crippen LogP contribution in [0.3, 0.4) is 0 Å². The number of hydrogen-bond donors (Lipinski definition) is 3. The van der Waals surface area contributed by atoms with Crippen LogP contribution in [0.15, 0.2) is 17.5 Å². The smallest absolute Gasteiger partial charge is 0.317 e. The van der Waals surface area contributed by atoms with Gasteiger partial charge in [0.25, 0.3) is 0 Å². The van der Waals surface area contributed by atoms with Gasteiger partial charge < -0.3 is 15.5 Å². The Kier molecular flexibility index (Phi) is 4.92. The lowest BCUT2D eigenvalue weighted by atomic mass is 9.97. The summed E-state index contributed by atoms with van der Waals surface area (Å²) in [5, 5.41) is 23.5. The number of carbonyl (C=O) groups is 1. The molecule has 0 aliphatic carbocycles. The summed E-state index contributed by atoms with van der Waals surface area (Å²) in [5.74, 6) is -0.750. The maximum atomic E-state index is 10.5. The molecule has 0 aromatic carbocycles. The average Bonchev–Trinajstić information content (AvgIpc) is 2.69. The van der Waals surface area contributed by atoms with Crippen molar-refractivity contribution in [3.8, 4) is 0 Å². The molecule has 1 heterocycles. The van der Waals surface area contributed by atoms with Crippen LogP contribution in [0.1, 0.15) is 24.8 Å². The van der Waals surface area contributed by atoms with E-state index in [4.69, 9.17) is 5.11 Å². The third-order valence-electron chi connectivity index (χ3n) is 2.38. The van der Waals surface area contributed by atoms with E-state index in [0.717, 1.165) is 4.88 Å². The highest BCUT2D eigenvalue weighted by Crippen LogP contribution is 2.25. The van der Waals surface area contributed by atoms with Gasteiger partial charge in [-0.2, -0.15) is 0 Å². The molecule has 0 saturated carbocycles. The molecule has 0 amide bonds. The molecule has 0 spiro atoms. The van der Waals surface area contributed by atoms with Crippen molar-refractivity contribution in [1.82, 2.24) is 5.32 Å². The molecule has 1 aromatic rings. The highest BCUT2D eigenvalue weighted by Gasteiger charge is 2.24. The normalized spacial score (nSPS) is 15.0. The quantitative estimate of drug-likeness (QED) is 0.708. The van der Waals surface area contributed by atoms with Crippen LogP contribution in [-0.4, -0.2) is 28.8 Å². The van der Waals surface area contributed by atoms with E-state index in [9.17, 15) is 9.90 Å². The summed E-state index contributed by atoms with van der Waals surface area (Å²) in [5.41, 5.74) is 0. The summed E-state index contributed by atoms with van der Waals surface area (Å²) in [6.07, 6.45) is -0.653. The van der Waals surface area contributed by atoms with E-state index >= 15 is 0 Å². The van der Waals surface area contributed by atoms with E-state index in [-0.39, 0.29) is 18.5 Å². The molecule has 0 bridgehead atoms. The minimum atomic E-state index is -0.913. The first-order valence-corrected chi connectivity index (χ1v) is 6.07. The van der Waals surface area contributed by atoms with Crippen molar-refractivity contribution in [2.45, 2.75) is 26.0 Å². The predicted octanol–water partition coefficient (Wildman–Crippen LogP) is 1.48. The maximum absolute atomic E-state index is 10.5. The molecule has 16 heavy (non-hydrogen) atoms. The van der Waals surface area contributed by atoms with Gasteiger partial charge in [-0.25, -0.2) is 0 Å². The molecule has 1 rings (SSSR count). The molecule has 0 aliphatic rings. The Morgan fingerprint density at radius 2 is 2.25 bits per heavy atom. The van der Waals surface area contributed by atoms with Crippen molar-refractivity contribution >= 4 is 17.3 Å². The standard InChI is InChI=1S/C11H17NO3S/c1-7(2)10(12-6-9(13)14)11(15)8-4-3-5-16-8/h3-5,7,10-12,15H,6H2,1-2H3,(H,13,14). The first kappa shape index (κ1) is 13.2. The first-order chi connectivity index (χ1) is 7.52. The predicted molar refractivity (Wildman–Crippen MR) is 63.5 cm³/mol. The van der Waals surface area contributed by atoms with Crippen LogP contribution in [0.4, 0.5) is 0 Å². The molecule has 0 radical (unpaired) electrons. The highest BCUT2D eigenvalue weighted by atomic mass is 32.1. The lowest BCUT2D eigenvalue weighted by molar-refractivity contribution is -0.136. The van der Waals surface area contributed by atoms with Gasteiger partial charge in [0.2, 0.25) is 0 Å². The van der Waals surface area contributed by atoms with Crippen molar-refractivity contribution in [1.29, 1.82) is 0 Å². The van der Waals surface area contributed by atoms with Crippen LogP contribution in [-0.2, 0) is 4.79 Å². The van der Waals surface area contributed by atoms with E-state index < -0.39 is 12.1 Å². The number of aliphatic hydroxyl groups is 1. The second-order valence-corrected chi connectivity index (χ2v) is 4.98. The second kappa shape index (κ2) is 5.98. The number of rotatable bonds is 6. The van der Waals surface area contributed by atoms with Gasteiger partial charge in [-0.3, -0.25) is 4.79 Å². The largest absolute Gasteiger partial charge is 0.480 e. The Balaban J connectivity index is 2.66. The fraction of sp³-hybridized carbons (Fsp3) is 0.545. The van der Waals surface area contributed by atoms with Crippen LogP contribution in [0, 0.1) is 5.92 Å². The topological polar surface area (TPSA) is 69.6 Å². The summed E-state index contributed by atoms with van der Waals surface area (Å²) in [6, 6.07) is 3.49. The molecule has 3 N–H and O–H groups in total. The van der Waals surface area contributed by atoms with Crippen molar-refractivity contribution < 1.29 is 15.0 Å². The minimum absolute atomic E-state index is 0.134. The van der Waals surface area contributed by atoms with Crippen LogP contribution in [0.2, 0.25) is 0 Å². The van der Waals surface area contributed by atoms with Gasteiger partial charge in [-0.15, -0.1) is 11.3 Å². The van der Waals surface area contributed by atoms with Gasteiger partial charge in [0, 0.05) is 10.9 Å². The number of carboxylic acid groups (broad SMARTS) is 1. The van der Waals surface area contributed by atoms with Gasteiger partial charge in [0.15, 0.2) is 0 Å². The molecule has 4 nitrogen and oxygen atoms in total. The highest BCUT2D eigenvalue weighted by molar-refractivity contribution is 7.10. The lowest BCUT2D eigenvalue weighted by Crippen LogP contribution is -2.41. The Hall–Kier alpha value is -0.910. The van der Waals surface area contributed by atoms with Crippen LogP contribution >= 0.6 is 11.3 Å². The summed E-state index contributed by atoms with van der Waals surface area (Å²) in [6.45, 7) is 3.78. The number of aliphatic hydroxyl groups excluding tert-OH is 1. The van der Waals surface area contributed by atoms with Gasteiger partial charge in [0.05, 0.1) is 6.54 Å². The molecule has 0 fully saturated rings. The molecule has 1 aromatic heterocycles. The zero-order valence-electron chi connectivity index (χ0n) is 9.38. The van der Waals surface area contributed by atoms with Crippen molar-refractivity contribution in [2.75, 3.05) is 6.54 Å². The fourth-order valence-electron chi connectivity index (χ4n) is 1.55. The van der Waals surface area contributed by atoms with Crippen molar-refractivity contribution in [3.05, 3.63) is 22.4 Å². The first-order valence-electron chi connectivity index (χ1n) is 5.19. The molecule has 90 valence electrons. The number of carboxylic acids is 1. The summed E-state index contributed by atoms with van der Waals surface area (Å²) in [7, 11) is 0. The summed E-state index contributed by atoms with van der Waals surface area (Å²) >= 11 is 1.47. The van der Waals surface area contributed by atoms with Gasteiger partial charge in [0.1, 0.15) is 6.10 Å². The Morgan fingerprint density at radius 1 is 1.56 bits per heavy atom. The summed E-state index contributed by atoms with van der Waals surface area (Å²) in [4.78, 5) is 11.4. The molecule has 0 aliphatic heterocycles. The Morgan fingerprint density at radius 3 is 2.69 bits per heavy atom. The van der Waals surface area contributed by atoms with Crippen LogP contribution in [0.5, 0.6) is 0 Å². The average molecular weight is 243 g/mol. The van der Waals surface area contributed by atoms with E-state index in [1.807, 2.05) is 31.4 Å².